The molecule has 1 aromatic heterocycles. The average molecular weight is 319 g/mol. The van der Waals surface area contributed by atoms with Crippen LogP contribution < -0.4 is 5.32 Å². The summed E-state index contributed by atoms with van der Waals surface area (Å²) >= 11 is 6.11. The highest BCUT2D eigenvalue weighted by atomic mass is 35.5. The molecule has 7 heteroatoms. The average Bonchev–Trinajstić information content (AvgIpc) is 3.10. The van der Waals surface area contributed by atoms with Crippen LogP contribution in [-0.2, 0) is 4.79 Å². The first kappa shape index (κ1) is 14.6. The second kappa shape index (κ2) is 5.81. The number of halogens is 1. The molecule has 1 aliphatic heterocycles. The standard InChI is InChI=1S/C15H15ClN4O2/c1-19-8-6-12(15(19)22)17-14(21)11-7-9-20(18-11)13-5-3-2-4-10(13)16/h2-5,7,9,12H,6,8H2,1H3,(H,17,21)/t12-/m1/s1. The molecular formula is C15H15ClN4O2. The van der Waals surface area contributed by atoms with Gasteiger partial charge < -0.3 is 10.2 Å². The number of nitrogens with zero attached hydrogens (tertiary/aromatic N) is 3. The van der Waals surface area contributed by atoms with Gasteiger partial charge in [0.05, 0.1) is 10.7 Å². The number of likely N-dealkylation sites (N-methyl/N-ethyl adjacent to an activating group) is 1. The van der Waals surface area contributed by atoms with Crippen LogP contribution in [0.25, 0.3) is 5.69 Å². The van der Waals surface area contributed by atoms with Crippen molar-refractivity contribution in [2.75, 3.05) is 13.6 Å². The Hall–Kier alpha value is -2.34. The summed E-state index contributed by atoms with van der Waals surface area (Å²) in [4.78, 5) is 25.6. The number of amides is 2. The van der Waals surface area contributed by atoms with E-state index >= 15 is 0 Å². The summed E-state index contributed by atoms with van der Waals surface area (Å²) in [5.41, 5.74) is 0.946. The van der Waals surface area contributed by atoms with Crippen LogP contribution in [0, 0.1) is 0 Å². The molecule has 114 valence electrons. The molecule has 0 saturated carbocycles. The maximum atomic E-state index is 12.2. The first-order valence-electron chi connectivity index (χ1n) is 6.92. The fraction of sp³-hybridized carbons (Fsp3) is 0.267. The van der Waals surface area contributed by atoms with E-state index in [1.807, 2.05) is 18.2 Å². The van der Waals surface area contributed by atoms with Crippen molar-refractivity contribution in [2.24, 2.45) is 0 Å². The van der Waals surface area contributed by atoms with Gasteiger partial charge in [0.15, 0.2) is 5.69 Å². The highest BCUT2D eigenvalue weighted by molar-refractivity contribution is 6.32. The quantitative estimate of drug-likeness (QED) is 0.932. The highest BCUT2D eigenvalue weighted by Gasteiger charge is 2.30. The van der Waals surface area contributed by atoms with Crippen molar-refractivity contribution in [1.82, 2.24) is 20.0 Å². The molecule has 1 saturated heterocycles. The zero-order valence-corrected chi connectivity index (χ0v) is 12.7. The second-order valence-electron chi connectivity index (χ2n) is 5.17. The van der Waals surface area contributed by atoms with Gasteiger partial charge >= 0.3 is 0 Å². The molecule has 2 heterocycles. The Kier molecular flexibility index (Phi) is 3.85. The molecule has 22 heavy (non-hydrogen) atoms. The van der Waals surface area contributed by atoms with Gasteiger partial charge in [-0.05, 0) is 24.6 Å². The molecule has 1 aliphatic rings. The van der Waals surface area contributed by atoms with Gasteiger partial charge in [-0.25, -0.2) is 4.68 Å². The van der Waals surface area contributed by atoms with Crippen LogP contribution >= 0.6 is 11.6 Å². The van der Waals surface area contributed by atoms with E-state index in [-0.39, 0.29) is 17.5 Å². The molecule has 2 aromatic rings. The minimum absolute atomic E-state index is 0.0705. The Morgan fingerprint density at radius 2 is 2.14 bits per heavy atom. The number of carbonyl (C=O) groups excluding carboxylic acids is 2. The number of hydrogen-bond acceptors (Lipinski definition) is 3. The summed E-state index contributed by atoms with van der Waals surface area (Å²) in [6, 6.07) is 8.36. The van der Waals surface area contributed by atoms with E-state index in [1.54, 1.807) is 35.0 Å². The molecule has 0 unspecified atom stereocenters. The molecule has 0 spiro atoms. The molecule has 6 nitrogen and oxygen atoms in total. The Morgan fingerprint density at radius 3 is 2.82 bits per heavy atom. The van der Waals surface area contributed by atoms with Gasteiger partial charge in [0, 0.05) is 19.8 Å². The number of carbonyl (C=O) groups is 2. The SMILES string of the molecule is CN1CC[C@@H](NC(=O)c2ccn(-c3ccccc3Cl)n2)C1=O. The Bertz CT molecular complexity index is 728. The van der Waals surface area contributed by atoms with Crippen molar-refractivity contribution >= 4 is 23.4 Å². The van der Waals surface area contributed by atoms with Gasteiger partial charge in [0.2, 0.25) is 5.91 Å². The van der Waals surface area contributed by atoms with Crippen LogP contribution in [0.1, 0.15) is 16.9 Å². The number of nitrogens with one attached hydrogen (secondary N) is 1. The molecule has 1 atom stereocenters. The topological polar surface area (TPSA) is 67.2 Å². The van der Waals surface area contributed by atoms with Crippen molar-refractivity contribution in [2.45, 2.75) is 12.5 Å². The van der Waals surface area contributed by atoms with E-state index in [0.29, 0.717) is 23.7 Å². The van der Waals surface area contributed by atoms with E-state index in [2.05, 4.69) is 10.4 Å². The summed E-state index contributed by atoms with van der Waals surface area (Å²) in [5, 5.41) is 7.48. The number of aromatic nitrogens is 2. The first-order chi connectivity index (χ1) is 10.6. The third-order valence-corrected chi connectivity index (χ3v) is 3.97. The number of hydrogen-bond donors (Lipinski definition) is 1. The molecule has 3 rings (SSSR count). The Balaban J connectivity index is 1.75. The van der Waals surface area contributed by atoms with Gasteiger partial charge in [0.25, 0.3) is 5.91 Å². The van der Waals surface area contributed by atoms with Crippen molar-refractivity contribution in [3.63, 3.8) is 0 Å². The van der Waals surface area contributed by atoms with Gasteiger partial charge in [-0.2, -0.15) is 5.10 Å². The third kappa shape index (κ3) is 2.69. The zero-order valence-electron chi connectivity index (χ0n) is 12.0. The lowest BCUT2D eigenvalue weighted by Crippen LogP contribution is -2.40. The maximum Gasteiger partial charge on any atom is 0.272 e. The lowest BCUT2D eigenvalue weighted by atomic mass is 10.2. The van der Waals surface area contributed by atoms with E-state index < -0.39 is 6.04 Å². The molecule has 2 amide bonds. The van der Waals surface area contributed by atoms with Crippen molar-refractivity contribution < 1.29 is 9.59 Å². The van der Waals surface area contributed by atoms with Crippen LogP contribution in [0.5, 0.6) is 0 Å². The van der Waals surface area contributed by atoms with Crippen LogP contribution in [0.2, 0.25) is 5.02 Å². The van der Waals surface area contributed by atoms with Gasteiger partial charge in [0.1, 0.15) is 6.04 Å². The third-order valence-electron chi connectivity index (χ3n) is 3.65. The fourth-order valence-electron chi connectivity index (χ4n) is 2.41. The minimum atomic E-state index is -0.469. The lowest BCUT2D eigenvalue weighted by molar-refractivity contribution is -0.128. The largest absolute Gasteiger partial charge is 0.344 e. The molecule has 0 bridgehead atoms. The summed E-state index contributed by atoms with van der Waals surface area (Å²) in [5.74, 6) is -0.432. The molecular weight excluding hydrogens is 304 g/mol. The highest BCUT2D eigenvalue weighted by Crippen LogP contribution is 2.19. The summed E-state index contributed by atoms with van der Waals surface area (Å²) in [6.07, 6.45) is 2.28. The fourth-order valence-corrected chi connectivity index (χ4v) is 2.63. The minimum Gasteiger partial charge on any atom is -0.344 e. The molecule has 0 aliphatic carbocycles. The summed E-state index contributed by atoms with van der Waals surface area (Å²) in [7, 11) is 1.72. The predicted molar refractivity (Wildman–Crippen MR) is 82.1 cm³/mol. The molecule has 1 fully saturated rings. The van der Waals surface area contributed by atoms with Crippen LogP contribution in [-0.4, -0.2) is 46.1 Å². The van der Waals surface area contributed by atoms with Gasteiger partial charge in [-0.3, -0.25) is 9.59 Å². The second-order valence-corrected chi connectivity index (χ2v) is 5.58. The molecule has 1 aromatic carbocycles. The summed E-state index contributed by atoms with van der Waals surface area (Å²) < 4.78 is 1.54. The summed E-state index contributed by atoms with van der Waals surface area (Å²) in [6.45, 7) is 0.651. The van der Waals surface area contributed by atoms with Crippen LogP contribution in [0.4, 0.5) is 0 Å². The van der Waals surface area contributed by atoms with Gasteiger partial charge in [-0.15, -0.1) is 0 Å². The van der Waals surface area contributed by atoms with Crippen molar-refractivity contribution in [1.29, 1.82) is 0 Å². The predicted octanol–water partition coefficient (Wildman–Crippen LogP) is 1.49. The number of benzene rings is 1. The van der Waals surface area contributed by atoms with E-state index in [1.165, 1.54) is 0 Å². The first-order valence-corrected chi connectivity index (χ1v) is 7.30. The Labute approximate surface area is 132 Å². The zero-order chi connectivity index (χ0) is 15.7. The van der Waals surface area contributed by atoms with Gasteiger partial charge in [-0.1, -0.05) is 23.7 Å². The van der Waals surface area contributed by atoms with E-state index in [4.69, 9.17) is 11.6 Å². The molecule has 1 N–H and O–H groups in total. The Morgan fingerprint density at radius 1 is 1.36 bits per heavy atom. The van der Waals surface area contributed by atoms with Crippen molar-refractivity contribution in [3.05, 3.63) is 47.2 Å². The maximum absolute atomic E-state index is 12.2. The molecule has 0 radical (unpaired) electrons. The number of likely N-dealkylation sites (tertiary alicyclic amines) is 1. The van der Waals surface area contributed by atoms with Crippen LogP contribution in [0.3, 0.4) is 0 Å². The number of rotatable bonds is 3. The van der Waals surface area contributed by atoms with Crippen LogP contribution in [0.15, 0.2) is 36.5 Å². The van der Waals surface area contributed by atoms with E-state index in [9.17, 15) is 9.59 Å². The normalized spacial score (nSPS) is 17.8. The lowest BCUT2D eigenvalue weighted by Gasteiger charge is -2.11. The monoisotopic (exact) mass is 318 g/mol. The van der Waals surface area contributed by atoms with E-state index in [0.717, 1.165) is 0 Å². The number of para-hydroxylation sites is 1. The smallest absolute Gasteiger partial charge is 0.272 e. The van der Waals surface area contributed by atoms with Crippen molar-refractivity contribution in [3.8, 4) is 5.69 Å².